The molecule has 3 heteroatoms. The summed E-state index contributed by atoms with van der Waals surface area (Å²) in [7, 11) is 0. The third-order valence-electron chi connectivity index (χ3n) is 3.76. The highest BCUT2D eigenvalue weighted by Crippen LogP contribution is 2.25. The van der Waals surface area contributed by atoms with Crippen molar-refractivity contribution in [2.75, 3.05) is 11.9 Å². The second kappa shape index (κ2) is 7.56. The van der Waals surface area contributed by atoms with Gasteiger partial charge in [-0.15, -0.1) is 0 Å². The van der Waals surface area contributed by atoms with Crippen LogP contribution >= 0.6 is 0 Å². The van der Waals surface area contributed by atoms with E-state index in [4.69, 9.17) is 5.73 Å². The number of hydrogen-bond acceptors (Lipinski definition) is 3. The zero-order valence-corrected chi connectivity index (χ0v) is 13.0. The van der Waals surface area contributed by atoms with Crippen LogP contribution in [0.1, 0.15) is 5.56 Å². The summed E-state index contributed by atoms with van der Waals surface area (Å²) in [5, 5.41) is 3.47. The second-order valence-corrected chi connectivity index (χ2v) is 5.59. The SMILES string of the molecule is NC(CNc1ccccc1-c1ccccn1)Cc1ccccc1. The fourth-order valence-corrected chi connectivity index (χ4v) is 2.61. The molecule has 1 heterocycles. The summed E-state index contributed by atoms with van der Waals surface area (Å²) >= 11 is 0. The summed E-state index contributed by atoms with van der Waals surface area (Å²) in [5.74, 6) is 0. The average Bonchev–Trinajstić information content (AvgIpc) is 2.62. The molecule has 0 aliphatic carbocycles. The smallest absolute Gasteiger partial charge is 0.0722 e. The second-order valence-electron chi connectivity index (χ2n) is 5.59. The molecule has 1 unspecified atom stereocenters. The van der Waals surface area contributed by atoms with Crippen molar-refractivity contribution in [2.24, 2.45) is 5.73 Å². The number of pyridine rings is 1. The Kier molecular flexibility index (Phi) is 5.02. The van der Waals surface area contributed by atoms with Gasteiger partial charge in [0.05, 0.1) is 5.69 Å². The van der Waals surface area contributed by atoms with E-state index in [0.717, 1.165) is 29.9 Å². The van der Waals surface area contributed by atoms with Gasteiger partial charge < -0.3 is 11.1 Å². The molecule has 0 saturated heterocycles. The largest absolute Gasteiger partial charge is 0.383 e. The topological polar surface area (TPSA) is 50.9 Å². The molecule has 1 atom stereocenters. The Balaban J connectivity index is 1.67. The summed E-state index contributed by atoms with van der Waals surface area (Å²) in [5.41, 5.74) is 10.7. The molecular formula is C20H21N3. The first-order valence-corrected chi connectivity index (χ1v) is 7.87. The maximum absolute atomic E-state index is 6.26. The van der Waals surface area contributed by atoms with E-state index < -0.39 is 0 Å². The number of nitrogens with one attached hydrogen (secondary N) is 1. The highest BCUT2D eigenvalue weighted by molar-refractivity contribution is 5.75. The minimum Gasteiger partial charge on any atom is -0.383 e. The van der Waals surface area contributed by atoms with E-state index in [9.17, 15) is 0 Å². The van der Waals surface area contributed by atoms with Crippen LogP contribution in [0.5, 0.6) is 0 Å². The van der Waals surface area contributed by atoms with Gasteiger partial charge >= 0.3 is 0 Å². The van der Waals surface area contributed by atoms with E-state index in [1.165, 1.54) is 5.56 Å². The number of hydrogen-bond donors (Lipinski definition) is 2. The first-order valence-electron chi connectivity index (χ1n) is 7.87. The highest BCUT2D eigenvalue weighted by Gasteiger charge is 2.08. The summed E-state index contributed by atoms with van der Waals surface area (Å²) in [6.07, 6.45) is 2.67. The molecule has 0 bridgehead atoms. The molecule has 0 fully saturated rings. The molecule has 1 aromatic heterocycles. The van der Waals surface area contributed by atoms with Crippen molar-refractivity contribution in [3.8, 4) is 11.3 Å². The van der Waals surface area contributed by atoms with Crippen LogP contribution in [-0.4, -0.2) is 17.6 Å². The Morgan fingerprint density at radius 2 is 1.61 bits per heavy atom. The van der Waals surface area contributed by atoms with Crippen LogP contribution in [0, 0.1) is 0 Å². The van der Waals surface area contributed by atoms with Crippen molar-refractivity contribution in [1.29, 1.82) is 0 Å². The van der Waals surface area contributed by atoms with Crippen molar-refractivity contribution in [1.82, 2.24) is 4.98 Å². The molecule has 3 aromatic rings. The number of aromatic nitrogens is 1. The van der Waals surface area contributed by atoms with Gasteiger partial charge in [0.15, 0.2) is 0 Å². The molecule has 3 rings (SSSR count). The lowest BCUT2D eigenvalue weighted by Crippen LogP contribution is -2.31. The maximum Gasteiger partial charge on any atom is 0.0722 e. The molecule has 0 radical (unpaired) electrons. The molecule has 116 valence electrons. The van der Waals surface area contributed by atoms with Crippen LogP contribution in [0.2, 0.25) is 0 Å². The van der Waals surface area contributed by atoms with Gasteiger partial charge in [-0.3, -0.25) is 4.98 Å². The van der Waals surface area contributed by atoms with Gasteiger partial charge in [-0.05, 0) is 30.2 Å². The van der Waals surface area contributed by atoms with Gasteiger partial charge in [-0.1, -0.05) is 54.6 Å². The predicted octanol–water partition coefficient (Wildman–Crippen LogP) is 3.73. The summed E-state index contributed by atoms with van der Waals surface area (Å²) in [6, 6.07) is 24.6. The maximum atomic E-state index is 6.26. The number of nitrogens with two attached hydrogens (primary N) is 1. The zero-order chi connectivity index (χ0) is 15.9. The van der Waals surface area contributed by atoms with Crippen molar-refractivity contribution in [3.05, 3.63) is 84.6 Å². The van der Waals surface area contributed by atoms with Crippen molar-refractivity contribution in [2.45, 2.75) is 12.5 Å². The first kappa shape index (κ1) is 15.3. The van der Waals surface area contributed by atoms with Crippen molar-refractivity contribution >= 4 is 5.69 Å². The lowest BCUT2D eigenvalue weighted by Gasteiger charge is -2.16. The lowest BCUT2D eigenvalue weighted by atomic mass is 10.1. The molecule has 0 saturated carbocycles. The molecule has 0 amide bonds. The minimum absolute atomic E-state index is 0.0641. The van der Waals surface area contributed by atoms with Crippen LogP contribution in [0.15, 0.2) is 79.0 Å². The molecular weight excluding hydrogens is 282 g/mol. The fourth-order valence-electron chi connectivity index (χ4n) is 2.61. The van der Waals surface area contributed by atoms with Gasteiger partial charge in [0.1, 0.15) is 0 Å². The number of rotatable bonds is 6. The van der Waals surface area contributed by atoms with E-state index in [0.29, 0.717) is 0 Å². The third-order valence-corrected chi connectivity index (χ3v) is 3.76. The molecule has 23 heavy (non-hydrogen) atoms. The summed E-state index contributed by atoms with van der Waals surface area (Å²) in [4.78, 5) is 4.43. The van der Waals surface area contributed by atoms with Crippen LogP contribution in [0.3, 0.4) is 0 Å². The Morgan fingerprint density at radius 1 is 0.870 bits per heavy atom. The summed E-state index contributed by atoms with van der Waals surface area (Å²) < 4.78 is 0. The number of anilines is 1. The van der Waals surface area contributed by atoms with Gasteiger partial charge in [0.25, 0.3) is 0 Å². The van der Waals surface area contributed by atoms with E-state index >= 15 is 0 Å². The van der Waals surface area contributed by atoms with Crippen LogP contribution in [0.25, 0.3) is 11.3 Å². The Labute approximate surface area is 137 Å². The molecule has 3 N–H and O–H groups in total. The molecule has 0 spiro atoms. The molecule has 3 nitrogen and oxygen atoms in total. The fraction of sp³-hybridized carbons (Fsp3) is 0.150. The lowest BCUT2D eigenvalue weighted by molar-refractivity contribution is 0.699. The van der Waals surface area contributed by atoms with Gasteiger partial charge in [0.2, 0.25) is 0 Å². The standard InChI is InChI=1S/C20H21N3/c21-17(14-16-8-2-1-3-9-16)15-23-20-11-5-4-10-18(20)19-12-6-7-13-22-19/h1-13,17,23H,14-15,21H2. The quantitative estimate of drug-likeness (QED) is 0.729. The molecule has 0 aliphatic rings. The van der Waals surface area contributed by atoms with Crippen LogP contribution in [0.4, 0.5) is 5.69 Å². The van der Waals surface area contributed by atoms with Crippen LogP contribution < -0.4 is 11.1 Å². The predicted molar refractivity (Wildman–Crippen MR) is 96.3 cm³/mol. The Bertz CT molecular complexity index is 726. The number of benzene rings is 2. The monoisotopic (exact) mass is 303 g/mol. The van der Waals surface area contributed by atoms with Crippen molar-refractivity contribution < 1.29 is 0 Å². The molecule has 0 aliphatic heterocycles. The van der Waals surface area contributed by atoms with E-state index in [-0.39, 0.29) is 6.04 Å². The van der Waals surface area contributed by atoms with E-state index in [1.54, 1.807) is 0 Å². The third kappa shape index (κ3) is 4.18. The minimum atomic E-state index is 0.0641. The average molecular weight is 303 g/mol. The highest BCUT2D eigenvalue weighted by atomic mass is 14.9. The normalized spacial score (nSPS) is 11.9. The van der Waals surface area contributed by atoms with Crippen molar-refractivity contribution in [3.63, 3.8) is 0 Å². The van der Waals surface area contributed by atoms with E-state index in [2.05, 4.69) is 34.6 Å². The van der Waals surface area contributed by atoms with Gasteiger partial charge in [-0.2, -0.15) is 0 Å². The van der Waals surface area contributed by atoms with Crippen LogP contribution in [-0.2, 0) is 6.42 Å². The van der Waals surface area contributed by atoms with E-state index in [1.807, 2.05) is 54.7 Å². The Morgan fingerprint density at radius 3 is 2.39 bits per heavy atom. The van der Waals surface area contributed by atoms with Gasteiger partial charge in [-0.25, -0.2) is 0 Å². The first-order chi connectivity index (χ1) is 11.3. The Hall–Kier alpha value is -2.65. The molecule has 2 aromatic carbocycles. The summed E-state index contributed by atoms with van der Waals surface area (Å²) in [6.45, 7) is 0.721. The zero-order valence-electron chi connectivity index (χ0n) is 13.0. The number of nitrogens with zero attached hydrogens (tertiary/aromatic N) is 1. The number of para-hydroxylation sites is 1. The van der Waals surface area contributed by atoms with Gasteiger partial charge in [0, 0.05) is 30.0 Å².